The Morgan fingerprint density at radius 3 is 1.90 bits per heavy atom. The predicted octanol–water partition coefficient (Wildman–Crippen LogP) is 1.45. The number of nitrogens with zero attached hydrogens (tertiary/aromatic N) is 2. The Hall–Kier alpha value is -1.46. The summed E-state index contributed by atoms with van der Waals surface area (Å²) < 4.78 is 0. The fourth-order valence-electron chi connectivity index (χ4n) is 3.58. The number of hydrogen-bond donors (Lipinski definition) is 3. The first kappa shape index (κ1) is 14.9. The first-order valence-corrected chi connectivity index (χ1v) is 7.76. The number of rotatable bonds is 2. The van der Waals surface area contributed by atoms with E-state index in [1.165, 1.54) is 25.7 Å². The Balaban J connectivity index is 1.98. The number of piperidine rings is 1. The second kappa shape index (κ2) is 6.81. The average Bonchev–Trinajstić information content (AvgIpc) is 2.68. The Morgan fingerprint density at radius 1 is 0.950 bits per heavy atom. The van der Waals surface area contributed by atoms with Gasteiger partial charge in [0.1, 0.15) is 0 Å². The summed E-state index contributed by atoms with van der Waals surface area (Å²) in [5.41, 5.74) is 11.2. The van der Waals surface area contributed by atoms with Crippen molar-refractivity contribution in [3.63, 3.8) is 0 Å². The lowest BCUT2D eigenvalue weighted by Crippen LogP contribution is -2.54. The van der Waals surface area contributed by atoms with E-state index in [0.717, 1.165) is 38.8 Å². The predicted molar refractivity (Wildman–Crippen MR) is 79.4 cm³/mol. The molecule has 1 heterocycles. The van der Waals surface area contributed by atoms with Crippen LogP contribution in [0.2, 0.25) is 0 Å². The van der Waals surface area contributed by atoms with Crippen LogP contribution in [0.4, 0.5) is 4.79 Å². The lowest BCUT2D eigenvalue weighted by molar-refractivity contribution is 0.111. The van der Waals surface area contributed by atoms with Crippen LogP contribution in [0.1, 0.15) is 51.4 Å². The quantitative estimate of drug-likeness (QED) is 0.406. The van der Waals surface area contributed by atoms with E-state index >= 15 is 0 Å². The average molecular weight is 281 g/mol. The van der Waals surface area contributed by atoms with E-state index in [9.17, 15) is 4.79 Å². The highest BCUT2D eigenvalue weighted by atomic mass is 16.2. The zero-order chi connectivity index (χ0) is 14.5. The largest absolute Gasteiger partial charge is 0.370 e. The van der Waals surface area contributed by atoms with Crippen LogP contribution in [0.15, 0.2) is 0 Å². The molecule has 114 valence electrons. The fraction of sp³-hybridized carbons (Fsp3) is 0.857. The summed E-state index contributed by atoms with van der Waals surface area (Å²) in [6, 6.07) is 0.244. The van der Waals surface area contributed by atoms with E-state index in [1.807, 2.05) is 9.80 Å². The third-order valence-corrected chi connectivity index (χ3v) is 4.67. The van der Waals surface area contributed by atoms with Crippen LogP contribution in [-0.2, 0) is 0 Å². The van der Waals surface area contributed by atoms with Crippen LogP contribution in [0, 0.1) is 5.41 Å². The van der Waals surface area contributed by atoms with E-state index in [1.54, 1.807) is 0 Å². The molecule has 2 amide bonds. The van der Waals surface area contributed by atoms with Gasteiger partial charge >= 0.3 is 6.03 Å². The third kappa shape index (κ3) is 3.55. The lowest BCUT2D eigenvalue weighted by Gasteiger charge is -2.41. The summed E-state index contributed by atoms with van der Waals surface area (Å²) in [4.78, 5) is 15.7. The minimum absolute atomic E-state index is 0.128. The summed E-state index contributed by atoms with van der Waals surface area (Å²) in [6.07, 6.45) is 8.81. The van der Waals surface area contributed by atoms with Crippen LogP contribution in [0.3, 0.4) is 0 Å². The van der Waals surface area contributed by atoms with Gasteiger partial charge < -0.3 is 21.3 Å². The maximum Gasteiger partial charge on any atom is 0.315 e. The van der Waals surface area contributed by atoms with Crippen LogP contribution in [0.25, 0.3) is 0 Å². The van der Waals surface area contributed by atoms with Crippen molar-refractivity contribution in [1.82, 2.24) is 9.80 Å². The van der Waals surface area contributed by atoms with Crippen molar-refractivity contribution in [2.75, 3.05) is 13.1 Å². The summed E-state index contributed by atoms with van der Waals surface area (Å²) in [5.74, 6) is 0.128. The maximum atomic E-state index is 11.9. The van der Waals surface area contributed by atoms with Crippen molar-refractivity contribution < 1.29 is 4.79 Å². The van der Waals surface area contributed by atoms with Gasteiger partial charge in [0.05, 0.1) is 0 Å². The minimum Gasteiger partial charge on any atom is -0.370 e. The number of amides is 2. The van der Waals surface area contributed by atoms with E-state index in [4.69, 9.17) is 16.9 Å². The van der Waals surface area contributed by atoms with Gasteiger partial charge in [-0.15, -0.1) is 0 Å². The van der Waals surface area contributed by atoms with E-state index < -0.39 is 0 Å². The summed E-state index contributed by atoms with van der Waals surface area (Å²) in [5, 5.41) is 7.47. The number of carbonyl (C=O) groups is 1. The van der Waals surface area contributed by atoms with Gasteiger partial charge in [0.2, 0.25) is 0 Å². The van der Waals surface area contributed by atoms with Gasteiger partial charge in [0.15, 0.2) is 5.96 Å². The smallest absolute Gasteiger partial charge is 0.315 e. The Labute approximate surface area is 121 Å². The third-order valence-electron chi connectivity index (χ3n) is 4.67. The monoisotopic (exact) mass is 281 g/mol. The molecule has 0 aromatic carbocycles. The Morgan fingerprint density at radius 2 is 1.45 bits per heavy atom. The highest BCUT2D eigenvalue weighted by Gasteiger charge is 2.32. The SMILES string of the molecule is N=C(N)N1CCC(N(C(N)=O)C2CCCCCC2)CC1. The van der Waals surface area contributed by atoms with E-state index in [0.29, 0.717) is 6.04 Å². The van der Waals surface area contributed by atoms with Crippen molar-refractivity contribution >= 4 is 12.0 Å². The highest BCUT2D eigenvalue weighted by molar-refractivity contribution is 5.75. The van der Waals surface area contributed by atoms with Gasteiger partial charge in [0.25, 0.3) is 0 Å². The molecule has 6 heteroatoms. The van der Waals surface area contributed by atoms with Crippen LogP contribution in [-0.4, -0.2) is 47.0 Å². The number of primary amides is 1. The Bertz CT molecular complexity index is 343. The molecule has 2 rings (SSSR count). The van der Waals surface area contributed by atoms with Crippen molar-refractivity contribution in [2.45, 2.75) is 63.5 Å². The number of guanidine groups is 1. The van der Waals surface area contributed by atoms with Gasteiger partial charge in [0, 0.05) is 25.2 Å². The van der Waals surface area contributed by atoms with Crippen LogP contribution >= 0.6 is 0 Å². The lowest BCUT2D eigenvalue weighted by atomic mass is 9.98. The number of urea groups is 1. The van der Waals surface area contributed by atoms with Gasteiger partial charge in [-0.3, -0.25) is 5.41 Å². The zero-order valence-corrected chi connectivity index (χ0v) is 12.2. The molecule has 0 aromatic heterocycles. The van der Waals surface area contributed by atoms with Crippen molar-refractivity contribution in [1.29, 1.82) is 5.41 Å². The van der Waals surface area contributed by atoms with Crippen LogP contribution < -0.4 is 11.5 Å². The molecule has 1 saturated carbocycles. The topological polar surface area (TPSA) is 99.4 Å². The number of nitrogens with one attached hydrogen (secondary N) is 1. The number of nitrogens with two attached hydrogens (primary N) is 2. The molecule has 5 N–H and O–H groups in total. The molecule has 0 bridgehead atoms. The first-order chi connectivity index (χ1) is 9.59. The molecule has 0 aromatic rings. The summed E-state index contributed by atoms with van der Waals surface area (Å²) >= 11 is 0. The minimum atomic E-state index is -0.279. The number of likely N-dealkylation sites (tertiary alicyclic amines) is 1. The molecular formula is C14H27N5O. The molecule has 2 fully saturated rings. The molecule has 1 aliphatic heterocycles. The molecule has 0 spiro atoms. The van der Waals surface area contributed by atoms with Crippen molar-refractivity contribution in [3.8, 4) is 0 Å². The molecule has 0 radical (unpaired) electrons. The van der Waals surface area contributed by atoms with Gasteiger partial charge in [-0.2, -0.15) is 0 Å². The van der Waals surface area contributed by atoms with Gasteiger partial charge in [-0.1, -0.05) is 25.7 Å². The molecule has 1 aliphatic carbocycles. The first-order valence-electron chi connectivity index (χ1n) is 7.76. The molecular weight excluding hydrogens is 254 g/mol. The highest BCUT2D eigenvalue weighted by Crippen LogP contribution is 2.26. The van der Waals surface area contributed by atoms with E-state index in [-0.39, 0.29) is 18.0 Å². The molecule has 0 unspecified atom stereocenters. The number of carbonyl (C=O) groups excluding carboxylic acids is 1. The van der Waals surface area contributed by atoms with E-state index in [2.05, 4.69) is 0 Å². The molecule has 20 heavy (non-hydrogen) atoms. The fourth-order valence-corrected chi connectivity index (χ4v) is 3.58. The molecule has 1 saturated heterocycles. The molecule has 0 atom stereocenters. The van der Waals surface area contributed by atoms with Crippen molar-refractivity contribution in [2.24, 2.45) is 11.5 Å². The molecule has 2 aliphatic rings. The van der Waals surface area contributed by atoms with Crippen LogP contribution in [0.5, 0.6) is 0 Å². The van der Waals surface area contributed by atoms with Gasteiger partial charge in [-0.05, 0) is 25.7 Å². The number of hydrogen-bond acceptors (Lipinski definition) is 2. The summed E-state index contributed by atoms with van der Waals surface area (Å²) in [6.45, 7) is 1.49. The molecule has 6 nitrogen and oxygen atoms in total. The van der Waals surface area contributed by atoms with Crippen molar-refractivity contribution in [3.05, 3.63) is 0 Å². The zero-order valence-electron chi connectivity index (χ0n) is 12.2. The normalized spacial score (nSPS) is 22.3. The summed E-state index contributed by atoms with van der Waals surface area (Å²) in [7, 11) is 0. The second-order valence-corrected chi connectivity index (χ2v) is 5.99. The maximum absolute atomic E-state index is 11.9. The second-order valence-electron chi connectivity index (χ2n) is 5.99. The Kier molecular flexibility index (Phi) is 5.09. The van der Waals surface area contributed by atoms with Gasteiger partial charge in [-0.25, -0.2) is 4.79 Å². The standard InChI is InChI=1S/C14H27N5O/c15-13(16)18-9-7-12(8-10-18)19(14(17)20)11-5-3-1-2-4-6-11/h11-12H,1-10H2,(H3,15,16)(H2,17,20).